The number of hydrogen-bond donors (Lipinski definition) is 1. The second-order valence-corrected chi connectivity index (χ2v) is 9.31. The maximum Gasteiger partial charge on any atom is 0.335 e. The zero-order chi connectivity index (χ0) is 24.0. The second kappa shape index (κ2) is 8.38. The quantitative estimate of drug-likeness (QED) is 0.342. The Labute approximate surface area is 196 Å². The standard InChI is InChI=1S/C27H26F2N2O3/c1-16-25(17(2)34-30-16)21-7-8-22-23(19-3-5-20(6-4-19)26(32)33)15-31(24(22)13-21)14-18-9-11-27(28,29)12-10-18/h3-8,13,15,18H,9-12,14H2,1-2H3,(H,32,33). The Balaban J connectivity index is 1.59. The highest BCUT2D eigenvalue weighted by Crippen LogP contribution is 2.39. The largest absolute Gasteiger partial charge is 0.478 e. The van der Waals surface area contributed by atoms with Crippen molar-refractivity contribution in [2.45, 2.75) is 52.0 Å². The number of aromatic carboxylic acids is 1. The summed E-state index contributed by atoms with van der Waals surface area (Å²) in [5.74, 6) is -2.59. The van der Waals surface area contributed by atoms with Crippen LogP contribution in [0.15, 0.2) is 53.2 Å². The summed E-state index contributed by atoms with van der Waals surface area (Å²) in [7, 11) is 0. The summed E-state index contributed by atoms with van der Waals surface area (Å²) in [6.45, 7) is 4.45. The number of aryl methyl sites for hydroxylation is 2. The number of rotatable bonds is 5. The lowest BCUT2D eigenvalue weighted by Gasteiger charge is -2.28. The molecule has 5 nitrogen and oxygen atoms in total. The maximum absolute atomic E-state index is 13.7. The molecule has 0 atom stereocenters. The van der Waals surface area contributed by atoms with E-state index in [0.29, 0.717) is 19.4 Å². The van der Waals surface area contributed by atoms with Crippen molar-refractivity contribution in [1.29, 1.82) is 0 Å². The van der Waals surface area contributed by atoms with Crippen LogP contribution < -0.4 is 0 Å². The fourth-order valence-electron chi connectivity index (χ4n) is 5.08. The van der Waals surface area contributed by atoms with Crippen LogP contribution in [-0.4, -0.2) is 26.7 Å². The SMILES string of the molecule is Cc1noc(C)c1-c1ccc2c(-c3ccc(C(=O)O)cc3)cn(CC3CCC(F)(F)CC3)c2c1. The number of aromatic nitrogens is 2. The predicted molar refractivity (Wildman–Crippen MR) is 126 cm³/mol. The van der Waals surface area contributed by atoms with Crippen LogP contribution in [0.2, 0.25) is 0 Å². The molecular weight excluding hydrogens is 438 g/mol. The number of alkyl halides is 2. The Morgan fingerprint density at radius 3 is 2.41 bits per heavy atom. The highest BCUT2D eigenvalue weighted by molar-refractivity contribution is 5.99. The number of nitrogens with zero attached hydrogens (tertiary/aromatic N) is 2. The third-order valence-electron chi connectivity index (χ3n) is 6.94. The van der Waals surface area contributed by atoms with E-state index in [9.17, 15) is 18.7 Å². The van der Waals surface area contributed by atoms with E-state index in [1.807, 2.05) is 32.0 Å². The first-order valence-corrected chi connectivity index (χ1v) is 11.5. The normalized spacial score (nSPS) is 16.2. The van der Waals surface area contributed by atoms with Gasteiger partial charge in [-0.25, -0.2) is 13.6 Å². The van der Waals surface area contributed by atoms with Gasteiger partial charge in [-0.3, -0.25) is 0 Å². The van der Waals surface area contributed by atoms with Crippen molar-refractivity contribution in [3.05, 3.63) is 65.7 Å². The number of carbonyl (C=O) groups is 1. The topological polar surface area (TPSA) is 68.3 Å². The number of hydrogen-bond acceptors (Lipinski definition) is 3. The molecule has 2 heterocycles. The van der Waals surface area contributed by atoms with Crippen molar-refractivity contribution in [3.63, 3.8) is 0 Å². The van der Waals surface area contributed by atoms with Crippen molar-refractivity contribution in [2.75, 3.05) is 0 Å². The fourth-order valence-corrected chi connectivity index (χ4v) is 5.08. The first-order valence-electron chi connectivity index (χ1n) is 11.5. The lowest BCUT2D eigenvalue weighted by molar-refractivity contribution is -0.0472. The fraction of sp³-hybridized carbons (Fsp3) is 0.333. The van der Waals surface area contributed by atoms with Gasteiger partial charge in [0.25, 0.3) is 0 Å². The highest BCUT2D eigenvalue weighted by Gasteiger charge is 2.35. The van der Waals surface area contributed by atoms with Gasteiger partial charge in [0.05, 0.1) is 11.3 Å². The minimum atomic E-state index is -2.55. The van der Waals surface area contributed by atoms with Crippen LogP contribution in [0.3, 0.4) is 0 Å². The summed E-state index contributed by atoms with van der Waals surface area (Å²) in [6.07, 6.45) is 2.93. The average molecular weight is 465 g/mol. The van der Waals surface area contributed by atoms with Gasteiger partial charge in [-0.05, 0) is 61.9 Å². The Hall–Kier alpha value is -3.48. The smallest absolute Gasteiger partial charge is 0.335 e. The molecule has 7 heteroatoms. The molecule has 1 saturated carbocycles. The lowest BCUT2D eigenvalue weighted by atomic mass is 9.87. The second-order valence-electron chi connectivity index (χ2n) is 9.31. The maximum atomic E-state index is 13.7. The molecule has 0 radical (unpaired) electrons. The van der Waals surface area contributed by atoms with E-state index < -0.39 is 11.9 Å². The lowest BCUT2D eigenvalue weighted by Crippen LogP contribution is -2.26. The highest BCUT2D eigenvalue weighted by atomic mass is 19.3. The summed E-state index contributed by atoms with van der Waals surface area (Å²) in [5.41, 5.74) is 5.90. The molecule has 176 valence electrons. The van der Waals surface area contributed by atoms with Gasteiger partial charge in [0.2, 0.25) is 5.92 Å². The summed E-state index contributed by atoms with van der Waals surface area (Å²) in [6, 6.07) is 13.0. The molecule has 1 aliphatic carbocycles. The van der Waals surface area contributed by atoms with Crippen LogP contribution in [-0.2, 0) is 6.54 Å². The molecule has 1 N–H and O–H groups in total. The van der Waals surface area contributed by atoms with E-state index in [2.05, 4.69) is 28.1 Å². The zero-order valence-electron chi connectivity index (χ0n) is 19.1. The van der Waals surface area contributed by atoms with Gasteiger partial charge in [-0.1, -0.05) is 29.4 Å². The van der Waals surface area contributed by atoms with Gasteiger partial charge in [-0.15, -0.1) is 0 Å². The predicted octanol–water partition coefficient (Wildman–Crippen LogP) is 7.10. The Morgan fingerprint density at radius 1 is 1.12 bits per heavy atom. The Kier molecular flexibility index (Phi) is 5.50. The molecule has 5 rings (SSSR count). The van der Waals surface area contributed by atoms with Crippen LogP contribution in [0.4, 0.5) is 8.78 Å². The molecule has 0 unspecified atom stereocenters. The van der Waals surface area contributed by atoms with Crippen LogP contribution in [0.5, 0.6) is 0 Å². The van der Waals surface area contributed by atoms with E-state index in [1.54, 1.807) is 12.1 Å². The number of carboxylic acid groups (broad SMARTS) is 1. The number of carboxylic acids is 1. The molecule has 4 aromatic rings. The minimum absolute atomic E-state index is 0.0648. The van der Waals surface area contributed by atoms with E-state index in [0.717, 1.165) is 44.6 Å². The summed E-state index contributed by atoms with van der Waals surface area (Å²) in [4.78, 5) is 11.3. The van der Waals surface area contributed by atoms with Crippen molar-refractivity contribution in [2.24, 2.45) is 5.92 Å². The Bertz CT molecular complexity index is 1340. The van der Waals surface area contributed by atoms with Gasteiger partial charge in [-0.2, -0.15) is 0 Å². The summed E-state index contributed by atoms with van der Waals surface area (Å²) in [5, 5.41) is 14.3. The van der Waals surface area contributed by atoms with E-state index in [-0.39, 0.29) is 24.3 Å². The molecule has 0 amide bonds. The van der Waals surface area contributed by atoms with Crippen LogP contribution in [0.1, 0.15) is 47.5 Å². The molecule has 34 heavy (non-hydrogen) atoms. The summed E-state index contributed by atoms with van der Waals surface area (Å²) < 4.78 is 34.9. The molecule has 0 aliphatic heterocycles. The Morgan fingerprint density at radius 2 is 1.79 bits per heavy atom. The molecule has 0 bridgehead atoms. The summed E-state index contributed by atoms with van der Waals surface area (Å²) >= 11 is 0. The van der Waals surface area contributed by atoms with Crippen LogP contribution in [0.25, 0.3) is 33.2 Å². The van der Waals surface area contributed by atoms with E-state index in [1.165, 1.54) is 0 Å². The third-order valence-corrected chi connectivity index (χ3v) is 6.94. The number of benzene rings is 2. The van der Waals surface area contributed by atoms with Gasteiger partial charge in [0.1, 0.15) is 5.76 Å². The first kappa shape index (κ1) is 22.3. The minimum Gasteiger partial charge on any atom is -0.478 e. The molecule has 0 saturated heterocycles. The third kappa shape index (κ3) is 4.11. The van der Waals surface area contributed by atoms with Gasteiger partial charge < -0.3 is 14.2 Å². The van der Waals surface area contributed by atoms with Gasteiger partial charge >= 0.3 is 5.97 Å². The molecule has 2 aromatic heterocycles. The number of fused-ring (bicyclic) bond motifs is 1. The molecule has 2 aromatic carbocycles. The van der Waals surface area contributed by atoms with Crippen molar-refractivity contribution >= 4 is 16.9 Å². The number of halogens is 2. The molecule has 1 aliphatic rings. The van der Waals surface area contributed by atoms with Crippen molar-refractivity contribution in [3.8, 4) is 22.3 Å². The van der Waals surface area contributed by atoms with Gasteiger partial charge in [0, 0.05) is 47.6 Å². The van der Waals surface area contributed by atoms with E-state index >= 15 is 0 Å². The zero-order valence-corrected chi connectivity index (χ0v) is 19.1. The van der Waals surface area contributed by atoms with Gasteiger partial charge in [0.15, 0.2) is 0 Å². The first-order chi connectivity index (χ1) is 16.2. The molecule has 0 spiro atoms. The van der Waals surface area contributed by atoms with E-state index in [4.69, 9.17) is 4.52 Å². The molecular formula is C27H26F2N2O3. The van der Waals surface area contributed by atoms with Crippen LogP contribution in [0, 0.1) is 19.8 Å². The van der Waals surface area contributed by atoms with Crippen molar-refractivity contribution < 1.29 is 23.2 Å². The average Bonchev–Trinajstić information content (AvgIpc) is 3.34. The monoisotopic (exact) mass is 464 g/mol. The van der Waals surface area contributed by atoms with Crippen molar-refractivity contribution in [1.82, 2.24) is 9.72 Å². The molecule has 1 fully saturated rings. The van der Waals surface area contributed by atoms with Crippen LogP contribution >= 0.6 is 0 Å².